The highest BCUT2D eigenvalue weighted by Gasteiger charge is 2.18. The first kappa shape index (κ1) is 19.0. The molecule has 0 atom stereocenters. The van der Waals surface area contributed by atoms with Gasteiger partial charge in [0.1, 0.15) is 17.3 Å². The van der Waals surface area contributed by atoms with E-state index < -0.39 is 0 Å². The maximum Gasteiger partial charge on any atom is 0.222 e. The second-order valence-electron chi connectivity index (χ2n) is 5.91. The van der Waals surface area contributed by atoms with Crippen LogP contribution in [0.1, 0.15) is 24.5 Å². The van der Waals surface area contributed by atoms with Gasteiger partial charge >= 0.3 is 0 Å². The molecule has 26 heavy (non-hydrogen) atoms. The predicted octanol–water partition coefficient (Wildman–Crippen LogP) is 5.83. The van der Waals surface area contributed by atoms with Crippen molar-refractivity contribution < 1.29 is 14.2 Å². The molecule has 6 heteroatoms. The van der Waals surface area contributed by atoms with Crippen LogP contribution < -0.4 is 9.47 Å². The van der Waals surface area contributed by atoms with Crippen LogP contribution in [-0.2, 0) is 4.74 Å². The van der Waals surface area contributed by atoms with E-state index in [9.17, 15) is 0 Å². The summed E-state index contributed by atoms with van der Waals surface area (Å²) in [4.78, 5) is 4.63. The lowest BCUT2D eigenvalue weighted by Crippen LogP contribution is -2.07. The molecule has 0 N–H and O–H groups in total. The van der Waals surface area contributed by atoms with E-state index in [0.29, 0.717) is 23.9 Å². The summed E-state index contributed by atoms with van der Waals surface area (Å²) in [6, 6.07) is 11.7. The molecule has 1 heterocycles. The molecule has 0 bridgehead atoms. The van der Waals surface area contributed by atoms with E-state index in [-0.39, 0.29) is 0 Å². The summed E-state index contributed by atoms with van der Waals surface area (Å²) in [6.45, 7) is 2.74. The molecule has 1 aliphatic rings. The molecule has 1 aliphatic heterocycles. The molecule has 0 saturated carbocycles. The van der Waals surface area contributed by atoms with Gasteiger partial charge in [-0.25, -0.2) is 0 Å². The lowest BCUT2D eigenvalue weighted by atomic mass is 10.1. The van der Waals surface area contributed by atoms with Crippen molar-refractivity contribution in [2.24, 2.45) is 4.99 Å². The Morgan fingerprint density at radius 3 is 2.08 bits per heavy atom. The minimum atomic E-state index is 0.560. The third-order valence-corrected chi connectivity index (χ3v) is 4.97. The Morgan fingerprint density at radius 1 is 0.885 bits per heavy atom. The van der Waals surface area contributed by atoms with Gasteiger partial charge in [-0.1, -0.05) is 31.9 Å². The highest BCUT2D eigenvalue weighted by molar-refractivity contribution is 9.11. The van der Waals surface area contributed by atoms with Crippen LogP contribution >= 0.6 is 31.9 Å². The number of hydrogen-bond donors (Lipinski definition) is 0. The zero-order chi connectivity index (χ0) is 18.7. The first-order chi connectivity index (χ1) is 12.5. The van der Waals surface area contributed by atoms with E-state index in [1.165, 1.54) is 0 Å². The van der Waals surface area contributed by atoms with E-state index in [0.717, 1.165) is 37.8 Å². The summed E-state index contributed by atoms with van der Waals surface area (Å²) in [5, 5.41) is 0. The minimum Gasteiger partial charge on any atom is -0.497 e. The topological polar surface area (TPSA) is 40.0 Å². The van der Waals surface area contributed by atoms with Crippen molar-refractivity contribution in [3.63, 3.8) is 0 Å². The number of halogens is 2. The van der Waals surface area contributed by atoms with Gasteiger partial charge < -0.3 is 14.2 Å². The van der Waals surface area contributed by atoms with Crippen LogP contribution in [0.5, 0.6) is 11.5 Å². The molecule has 0 radical (unpaired) electrons. The average Bonchev–Trinajstić information content (AvgIpc) is 2.82. The van der Waals surface area contributed by atoms with Crippen LogP contribution in [0.15, 0.2) is 55.9 Å². The fourth-order valence-corrected chi connectivity index (χ4v) is 4.02. The highest BCUT2D eigenvalue weighted by Crippen LogP contribution is 2.32. The Morgan fingerprint density at radius 2 is 1.50 bits per heavy atom. The van der Waals surface area contributed by atoms with Crippen molar-refractivity contribution in [3.8, 4) is 11.5 Å². The van der Waals surface area contributed by atoms with E-state index >= 15 is 0 Å². The van der Waals surface area contributed by atoms with E-state index in [2.05, 4.69) is 43.8 Å². The first-order valence-corrected chi connectivity index (χ1v) is 9.70. The van der Waals surface area contributed by atoms with Crippen LogP contribution in [0.4, 0.5) is 0 Å². The number of rotatable bonds is 4. The summed E-state index contributed by atoms with van der Waals surface area (Å²) in [5.41, 5.74) is 2.97. The summed E-state index contributed by atoms with van der Waals surface area (Å²) in [7, 11) is 3.26. The molecule has 4 nitrogen and oxygen atoms in total. The van der Waals surface area contributed by atoms with E-state index in [4.69, 9.17) is 14.2 Å². The molecule has 0 aliphatic carbocycles. The minimum absolute atomic E-state index is 0.560. The van der Waals surface area contributed by atoms with Crippen molar-refractivity contribution in [3.05, 3.63) is 62.0 Å². The fourth-order valence-electron chi connectivity index (χ4n) is 2.73. The molecule has 0 spiro atoms. The van der Waals surface area contributed by atoms with Crippen molar-refractivity contribution >= 4 is 43.5 Å². The number of ether oxygens (including phenoxy) is 3. The third kappa shape index (κ3) is 4.30. The Hall–Kier alpha value is -1.79. The SMILES string of the molecule is COc1cc(OC)cc(C2=NCCC(C)=C(c3cc(Br)cc(Br)c3)O2)c1. The zero-order valence-electron chi connectivity index (χ0n) is 14.8. The second-order valence-corrected chi connectivity index (χ2v) is 7.74. The molecule has 0 amide bonds. The fraction of sp³-hybridized carbons (Fsp3) is 0.250. The van der Waals surface area contributed by atoms with Gasteiger partial charge in [-0.2, -0.15) is 0 Å². The van der Waals surface area contributed by atoms with Crippen molar-refractivity contribution in [1.29, 1.82) is 0 Å². The quantitative estimate of drug-likeness (QED) is 0.552. The molecule has 136 valence electrons. The van der Waals surface area contributed by atoms with E-state index in [1.807, 2.05) is 36.4 Å². The van der Waals surface area contributed by atoms with Crippen molar-refractivity contribution in [2.75, 3.05) is 20.8 Å². The Labute approximate surface area is 170 Å². The monoisotopic (exact) mass is 479 g/mol. The number of methoxy groups -OCH3 is 2. The summed E-state index contributed by atoms with van der Waals surface area (Å²) < 4.78 is 19.0. The van der Waals surface area contributed by atoms with Crippen molar-refractivity contribution in [2.45, 2.75) is 13.3 Å². The standard InChI is InChI=1S/C20H19Br2NO3/c1-12-4-5-23-20(14-8-17(24-2)11-18(9-14)25-3)26-19(12)13-6-15(21)10-16(22)7-13/h6-11H,4-5H2,1-3H3. The summed E-state index contributed by atoms with van der Waals surface area (Å²) >= 11 is 7.09. The number of benzene rings is 2. The van der Waals surface area contributed by atoms with Gasteiger partial charge in [0.05, 0.1) is 14.2 Å². The summed E-state index contributed by atoms with van der Waals surface area (Å²) in [5.74, 6) is 2.78. The molecule has 0 aromatic heterocycles. The van der Waals surface area contributed by atoms with Crippen LogP contribution in [0.3, 0.4) is 0 Å². The highest BCUT2D eigenvalue weighted by atomic mass is 79.9. The maximum absolute atomic E-state index is 6.28. The molecule has 3 rings (SSSR count). The van der Waals surface area contributed by atoms with E-state index in [1.54, 1.807) is 14.2 Å². The number of aliphatic imine (C=N–C) groups is 1. The van der Waals surface area contributed by atoms with Crippen LogP contribution in [0, 0.1) is 0 Å². The van der Waals surface area contributed by atoms with Crippen LogP contribution in [0.25, 0.3) is 5.76 Å². The summed E-state index contributed by atoms with van der Waals surface area (Å²) in [6.07, 6.45) is 0.837. The number of hydrogen-bond acceptors (Lipinski definition) is 4. The second kappa shape index (κ2) is 8.27. The van der Waals surface area contributed by atoms with Gasteiger partial charge in [-0.3, -0.25) is 4.99 Å². The lowest BCUT2D eigenvalue weighted by molar-refractivity contribution is 0.393. The largest absolute Gasteiger partial charge is 0.497 e. The Kier molecular flexibility index (Phi) is 6.04. The van der Waals surface area contributed by atoms with Crippen molar-refractivity contribution in [1.82, 2.24) is 0 Å². The van der Waals surface area contributed by atoms with Gasteiger partial charge in [0.15, 0.2) is 0 Å². The van der Waals surface area contributed by atoms with Crippen LogP contribution in [0.2, 0.25) is 0 Å². The third-order valence-electron chi connectivity index (χ3n) is 4.05. The van der Waals surface area contributed by atoms with Gasteiger partial charge in [0.25, 0.3) is 0 Å². The molecule has 0 saturated heterocycles. The molecule has 0 unspecified atom stereocenters. The normalized spacial score (nSPS) is 14.4. The molecular formula is C20H19Br2NO3. The Bertz CT molecular complexity index is 848. The Balaban J connectivity index is 2.02. The van der Waals surface area contributed by atoms with Gasteiger partial charge in [0, 0.05) is 32.7 Å². The smallest absolute Gasteiger partial charge is 0.222 e. The maximum atomic E-state index is 6.28. The number of nitrogens with zero attached hydrogens (tertiary/aromatic N) is 1. The predicted molar refractivity (Wildman–Crippen MR) is 111 cm³/mol. The molecule has 2 aromatic rings. The molecular weight excluding hydrogens is 462 g/mol. The van der Waals surface area contributed by atoms with Crippen LogP contribution in [-0.4, -0.2) is 26.7 Å². The first-order valence-electron chi connectivity index (χ1n) is 8.12. The van der Waals surface area contributed by atoms with Gasteiger partial charge in [-0.15, -0.1) is 0 Å². The zero-order valence-corrected chi connectivity index (χ0v) is 18.0. The van der Waals surface area contributed by atoms with Gasteiger partial charge in [0.2, 0.25) is 5.90 Å². The lowest BCUT2D eigenvalue weighted by Gasteiger charge is -2.15. The van der Waals surface area contributed by atoms with Gasteiger partial charge in [-0.05, 0) is 49.2 Å². The molecule has 2 aromatic carbocycles. The average molecular weight is 481 g/mol. The molecule has 0 fully saturated rings.